The van der Waals surface area contributed by atoms with Crippen LogP contribution in [0.5, 0.6) is 23.0 Å². The molecule has 5 rings (SSSR count). The van der Waals surface area contributed by atoms with Crippen LogP contribution in [0.15, 0.2) is 71.6 Å². The Balaban J connectivity index is 1.43. The van der Waals surface area contributed by atoms with Gasteiger partial charge in [-0.15, -0.1) is 0 Å². The van der Waals surface area contributed by atoms with Gasteiger partial charge in [0.15, 0.2) is 0 Å². The fraction of sp³-hybridized carbons (Fsp3) is 0.242. The average molecular weight is 633 g/mol. The topological polar surface area (TPSA) is 129 Å². The molecule has 0 fully saturated rings. The third-order valence-electron chi connectivity index (χ3n) is 7.44. The Bertz CT molecular complexity index is 1860. The van der Waals surface area contributed by atoms with E-state index in [0.717, 1.165) is 4.90 Å². The lowest BCUT2D eigenvalue weighted by molar-refractivity contribution is -0.124. The van der Waals surface area contributed by atoms with Crippen LogP contribution in [0.25, 0.3) is 10.8 Å². The number of fused-ring (bicyclic) bond motifs is 2. The van der Waals surface area contributed by atoms with E-state index >= 15 is 0 Å². The van der Waals surface area contributed by atoms with Crippen LogP contribution in [0, 0.1) is 0 Å². The van der Waals surface area contributed by atoms with Crippen molar-refractivity contribution in [2.24, 2.45) is 0 Å². The maximum absolute atomic E-state index is 13.8. The summed E-state index contributed by atoms with van der Waals surface area (Å²) < 4.78 is 49.5. The summed E-state index contributed by atoms with van der Waals surface area (Å²) in [5.41, 5.74) is 0.996. The zero-order valence-electron chi connectivity index (χ0n) is 25.4. The molecule has 1 aliphatic rings. The minimum absolute atomic E-state index is 0.0635. The minimum Gasteiger partial charge on any atom is -0.497 e. The molecule has 4 aromatic carbocycles. The zero-order chi connectivity index (χ0) is 32.5. The first-order valence-electron chi connectivity index (χ1n) is 14.1. The molecule has 0 bridgehead atoms. The van der Waals surface area contributed by atoms with Gasteiger partial charge in [-0.2, -0.15) is 0 Å². The number of benzene rings is 4. The van der Waals surface area contributed by atoms with Crippen molar-refractivity contribution >= 4 is 44.2 Å². The van der Waals surface area contributed by atoms with Gasteiger partial charge in [0.2, 0.25) is 5.91 Å². The molecule has 0 N–H and O–H groups in total. The van der Waals surface area contributed by atoms with Crippen LogP contribution in [0.3, 0.4) is 0 Å². The number of carbonyl (C=O) groups excluding carboxylic acids is 3. The molecule has 3 amide bonds. The number of anilines is 1. The number of likely N-dealkylation sites (N-methyl/N-ethyl adjacent to an activating group) is 1. The Hall–Kier alpha value is -5.10. The number of sulfonamides is 1. The quantitative estimate of drug-likeness (QED) is 0.213. The van der Waals surface area contributed by atoms with Crippen LogP contribution in [0.2, 0.25) is 0 Å². The van der Waals surface area contributed by atoms with Gasteiger partial charge in [0, 0.05) is 23.9 Å². The lowest BCUT2D eigenvalue weighted by atomic mass is 9.99. The molecule has 0 saturated carbocycles. The lowest BCUT2D eigenvalue weighted by Gasteiger charge is -2.20. The molecule has 0 aromatic heterocycles. The highest BCUT2D eigenvalue weighted by atomic mass is 32.2. The van der Waals surface area contributed by atoms with Crippen molar-refractivity contribution in [3.8, 4) is 23.0 Å². The molecule has 0 radical (unpaired) electrons. The number of hydrogen-bond donors (Lipinski definition) is 0. The molecule has 45 heavy (non-hydrogen) atoms. The Morgan fingerprint density at radius 1 is 0.800 bits per heavy atom. The molecule has 0 unspecified atom stereocenters. The molecule has 0 spiro atoms. The number of amides is 3. The highest BCUT2D eigenvalue weighted by molar-refractivity contribution is 7.89. The van der Waals surface area contributed by atoms with Crippen LogP contribution in [-0.2, 0) is 21.2 Å². The summed E-state index contributed by atoms with van der Waals surface area (Å²) in [6.45, 7) is 4.16. The van der Waals surface area contributed by atoms with E-state index in [0.29, 0.717) is 32.1 Å². The number of rotatable bonds is 11. The second kappa shape index (κ2) is 12.5. The molecule has 0 atom stereocenters. The second-order valence-corrected chi connectivity index (χ2v) is 11.9. The van der Waals surface area contributed by atoms with Crippen LogP contribution in [0.1, 0.15) is 40.1 Å². The van der Waals surface area contributed by atoms with Crippen molar-refractivity contribution in [1.82, 2.24) is 4.31 Å². The molecule has 12 heteroatoms. The van der Waals surface area contributed by atoms with Gasteiger partial charge < -0.3 is 18.9 Å². The van der Waals surface area contributed by atoms with Gasteiger partial charge in [-0.25, -0.2) is 17.6 Å². The molecule has 234 valence electrons. The van der Waals surface area contributed by atoms with E-state index in [1.54, 1.807) is 32.0 Å². The first kappa shape index (κ1) is 31.3. The molecule has 0 saturated heterocycles. The maximum atomic E-state index is 13.8. The van der Waals surface area contributed by atoms with Gasteiger partial charge in [-0.3, -0.25) is 14.4 Å². The molecular formula is C33H32N2O9S. The van der Waals surface area contributed by atoms with E-state index in [1.165, 1.54) is 45.5 Å². The van der Waals surface area contributed by atoms with Gasteiger partial charge in [0.05, 0.1) is 50.7 Å². The third kappa shape index (κ3) is 5.42. The van der Waals surface area contributed by atoms with Crippen LogP contribution in [-0.4, -0.2) is 64.9 Å². The van der Waals surface area contributed by atoms with Gasteiger partial charge >= 0.3 is 0 Å². The highest BCUT2D eigenvalue weighted by Gasteiger charge is 2.43. The second-order valence-electron chi connectivity index (χ2n) is 9.99. The number of methoxy groups -OCH3 is 2. The summed E-state index contributed by atoms with van der Waals surface area (Å²) in [7, 11) is -0.382. The van der Waals surface area contributed by atoms with Crippen molar-refractivity contribution in [2.75, 3.05) is 39.4 Å². The Labute approximate surface area is 260 Å². The molecule has 1 heterocycles. The van der Waals surface area contributed by atoms with Gasteiger partial charge in [0.25, 0.3) is 21.8 Å². The first-order chi connectivity index (χ1) is 21.6. The van der Waals surface area contributed by atoms with Crippen molar-refractivity contribution in [3.05, 3.63) is 83.4 Å². The number of nitrogens with zero attached hydrogens (tertiary/aromatic N) is 2. The average Bonchev–Trinajstić information content (AvgIpc) is 3.31. The molecule has 11 nitrogen and oxygen atoms in total. The van der Waals surface area contributed by atoms with E-state index in [2.05, 4.69) is 0 Å². The van der Waals surface area contributed by atoms with Crippen molar-refractivity contribution < 1.29 is 41.7 Å². The summed E-state index contributed by atoms with van der Waals surface area (Å²) >= 11 is 0. The van der Waals surface area contributed by atoms with Crippen LogP contribution < -0.4 is 23.8 Å². The fourth-order valence-electron chi connectivity index (χ4n) is 5.24. The predicted octanol–water partition coefficient (Wildman–Crippen LogP) is 4.84. The van der Waals surface area contributed by atoms with E-state index in [-0.39, 0.29) is 52.8 Å². The van der Waals surface area contributed by atoms with Gasteiger partial charge in [-0.1, -0.05) is 36.4 Å². The molecule has 1 aliphatic heterocycles. The van der Waals surface area contributed by atoms with Crippen molar-refractivity contribution in [3.63, 3.8) is 0 Å². The number of hydrogen-bond acceptors (Lipinski definition) is 9. The van der Waals surface area contributed by atoms with Gasteiger partial charge in [0.1, 0.15) is 27.9 Å². The standard InChI is InChI=1S/C33H32N2O9S/c1-6-43-30-23-10-8-9-11-24(23)31(44-7-2)29-28(30)32(37)35(33(29)38)21-14-12-20(13-15-21)18-27(36)34(3)45(39,40)26-19-22(41-4)16-17-25(26)42-5/h8-17,19H,6-7,18H2,1-5H3. The van der Waals surface area contributed by atoms with E-state index in [9.17, 15) is 22.8 Å². The normalized spacial score (nSPS) is 12.7. The van der Waals surface area contributed by atoms with Crippen molar-refractivity contribution in [1.29, 1.82) is 0 Å². The monoisotopic (exact) mass is 632 g/mol. The Morgan fingerprint density at radius 3 is 1.84 bits per heavy atom. The Morgan fingerprint density at radius 2 is 1.36 bits per heavy atom. The molecule has 0 aliphatic carbocycles. The summed E-state index contributed by atoms with van der Waals surface area (Å²) in [4.78, 5) is 41.6. The number of ether oxygens (including phenoxy) is 4. The maximum Gasteiger partial charge on any atom is 0.270 e. The summed E-state index contributed by atoms with van der Waals surface area (Å²) in [6.07, 6.45) is -0.265. The largest absolute Gasteiger partial charge is 0.497 e. The SMILES string of the molecule is CCOc1c2c(c(OCC)c3ccccc13)C(=O)N(c1ccc(CC(=O)N(C)S(=O)(=O)c3cc(OC)ccc3OC)cc1)C2=O. The predicted molar refractivity (Wildman–Crippen MR) is 167 cm³/mol. The highest BCUT2D eigenvalue weighted by Crippen LogP contribution is 2.46. The molecule has 4 aromatic rings. The number of imide groups is 1. The smallest absolute Gasteiger partial charge is 0.270 e. The van der Waals surface area contributed by atoms with E-state index < -0.39 is 27.7 Å². The summed E-state index contributed by atoms with van der Waals surface area (Å²) in [5.74, 6) is -0.859. The first-order valence-corrected chi connectivity index (χ1v) is 15.6. The van der Waals surface area contributed by atoms with E-state index in [1.807, 2.05) is 24.3 Å². The fourth-order valence-corrected chi connectivity index (χ4v) is 6.54. The molecular weight excluding hydrogens is 600 g/mol. The van der Waals surface area contributed by atoms with Crippen LogP contribution >= 0.6 is 0 Å². The van der Waals surface area contributed by atoms with E-state index in [4.69, 9.17) is 18.9 Å². The van der Waals surface area contributed by atoms with Crippen molar-refractivity contribution in [2.45, 2.75) is 25.2 Å². The third-order valence-corrected chi connectivity index (χ3v) is 9.24. The Kier molecular flexibility index (Phi) is 8.69. The van der Waals surface area contributed by atoms with Gasteiger partial charge in [-0.05, 0) is 43.7 Å². The lowest BCUT2D eigenvalue weighted by Crippen LogP contribution is -2.34. The summed E-state index contributed by atoms with van der Waals surface area (Å²) in [6, 6.07) is 17.7. The summed E-state index contributed by atoms with van der Waals surface area (Å²) in [5, 5.41) is 1.31. The van der Waals surface area contributed by atoms with Crippen LogP contribution in [0.4, 0.5) is 5.69 Å². The zero-order valence-corrected chi connectivity index (χ0v) is 26.3. The number of carbonyl (C=O) groups is 3. The minimum atomic E-state index is -4.28.